The van der Waals surface area contributed by atoms with Crippen molar-refractivity contribution in [3.05, 3.63) is 29.3 Å². The lowest BCUT2D eigenvalue weighted by Gasteiger charge is -2.22. The monoisotopic (exact) mass is 374 g/mol. The van der Waals surface area contributed by atoms with E-state index in [0.717, 1.165) is 18.4 Å². The highest BCUT2D eigenvalue weighted by Gasteiger charge is 2.16. The molecule has 7 heteroatoms. The second-order valence-electron chi connectivity index (χ2n) is 6.96. The Labute approximate surface area is 160 Å². The van der Waals surface area contributed by atoms with Gasteiger partial charge in [-0.1, -0.05) is 31.4 Å². The van der Waals surface area contributed by atoms with Gasteiger partial charge in [0.25, 0.3) is 5.91 Å². The van der Waals surface area contributed by atoms with Crippen LogP contribution in [0.3, 0.4) is 0 Å². The summed E-state index contributed by atoms with van der Waals surface area (Å²) in [6, 6.07) is 5.45. The molecule has 0 bridgehead atoms. The maximum absolute atomic E-state index is 12.2. The van der Waals surface area contributed by atoms with Gasteiger partial charge in [-0.15, -0.1) is 0 Å². The van der Waals surface area contributed by atoms with Gasteiger partial charge in [0, 0.05) is 26.1 Å². The van der Waals surface area contributed by atoms with Gasteiger partial charge in [0.1, 0.15) is 0 Å². The Morgan fingerprint density at radius 3 is 2.56 bits per heavy atom. The number of anilines is 1. The summed E-state index contributed by atoms with van der Waals surface area (Å²) in [5.74, 6) is -0.412. The molecular formula is C20H30N4O3. The van der Waals surface area contributed by atoms with Crippen molar-refractivity contribution in [3.8, 4) is 0 Å². The van der Waals surface area contributed by atoms with Crippen LogP contribution < -0.4 is 21.3 Å². The molecule has 1 aromatic carbocycles. The van der Waals surface area contributed by atoms with Crippen molar-refractivity contribution in [3.63, 3.8) is 0 Å². The molecule has 148 valence electrons. The van der Waals surface area contributed by atoms with E-state index < -0.39 is 0 Å². The number of carbonyl (C=O) groups is 3. The highest BCUT2D eigenvalue weighted by Crippen LogP contribution is 2.20. The Morgan fingerprint density at radius 2 is 1.85 bits per heavy atom. The number of amides is 4. The van der Waals surface area contributed by atoms with Crippen molar-refractivity contribution < 1.29 is 14.4 Å². The number of hydrogen-bond donors (Lipinski definition) is 4. The summed E-state index contributed by atoms with van der Waals surface area (Å²) >= 11 is 0. The van der Waals surface area contributed by atoms with E-state index in [4.69, 9.17) is 0 Å². The molecule has 1 aliphatic rings. The van der Waals surface area contributed by atoms with Crippen molar-refractivity contribution in [1.29, 1.82) is 0 Å². The first kappa shape index (κ1) is 20.7. The summed E-state index contributed by atoms with van der Waals surface area (Å²) in [5, 5.41) is 11.2. The minimum absolute atomic E-state index is 0.164. The van der Waals surface area contributed by atoms with Crippen LogP contribution in [0.2, 0.25) is 0 Å². The van der Waals surface area contributed by atoms with Crippen LogP contribution in [0.25, 0.3) is 0 Å². The van der Waals surface area contributed by atoms with Gasteiger partial charge in [0.2, 0.25) is 5.91 Å². The summed E-state index contributed by atoms with van der Waals surface area (Å²) in [5.41, 5.74) is 1.77. The van der Waals surface area contributed by atoms with Crippen molar-refractivity contribution in [2.24, 2.45) is 0 Å². The first-order valence-electron chi connectivity index (χ1n) is 9.67. The second kappa shape index (κ2) is 10.5. The third kappa shape index (κ3) is 6.58. The highest BCUT2D eigenvalue weighted by atomic mass is 16.2. The summed E-state index contributed by atoms with van der Waals surface area (Å²) in [6.45, 7) is 2.26. The maximum Gasteiger partial charge on any atom is 0.315 e. The molecule has 4 amide bonds. The van der Waals surface area contributed by atoms with Crippen LogP contribution in [0.15, 0.2) is 18.2 Å². The number of aryl methyl sites for hydroxylation is 1. The molecule has 0 atom stereocenters. The predicted octanol–water partition coefficient (Wildman–Crippen LogP) is 2.71. The Bertz CT molecular complexity index is 669. The molecule has 1 fully saturated rings. The Balaban J connectivity index is 1.73. The summed E-state index contributed by atoms with van der Waals surface area (Å²) < 4.78 is 0. The summed E-state index contributed by atoms with van der Waals surface area (Å²) in [7, 11) is 1.56. The van der Waals surface area contributed by atoms with Gasteiger partial charge in [0.15, 0.2) is 0 Å². The number of hydrogen-bond acceptors (Lipinski definition) is 3. The third-order valence-corrected chi connectivity index (χ3v) is 4.81. The second-order valence-corrected chi connectivity index (χ2v) is 6.96. The maximum atomic E-state index is 12.2. The fraction of sp³-hybridized carbons (Fsp3) is 0.550. The van der Waals surface area contributed by atoms with Gasteiger partial charge in [-0.05, 0) is 37.8 Å². The molecule has 0 saturated heterocycles. The zero-order chi connectivity index (χ0) is 19.6. The van der Waals surface area contributed by atoms with Crippen LogP contribution >= 0.6 is 0 Å². The number of urea groups is 1. The molecule has 0 unspecified atom stereocenters. The molecule has 0 aromatic heterocycles. The first-order valence-corrected chi connectivity index (χ1v) is 9.67. The molecule has 27 heavy (non-hydrogen) atoms. The van der Waals surface area contributed by atoms with E-state index in [-0.39, 0.29) is 30.3 Å². The molecule has 0 aliphatic heterocycles. The minimum atomic E-state index is -0.232. The zero-order valence-corrected chi connectivity index (χ0v) is 16.2. The Morgan fingerprint density at radius 1 is 1.11 bits per heavy atom. The van der Waals surface area contributed by atoms with Crippen LogP contribution in [-0.4, -0.2) is 37.5 Å². The van der Waals surface area contributed by atoms with Crippen LogP contribution in [-0.2, 0) is 4.79 Å². The van der Waals surface area contributed by atoms with E-state index in [1.165, 1.54) is 19.3 Å². The SMILES string of the molecule is CNC(=O)c1c(C)cccc1NC(=O)CCCNC(=O)NC1CCCCC1. The lowest BCUT2D eigenvalue weighted by Crippen LogP contribution is -2.43. The van der Waals surface area contributed by atoms with Gasteiger partial charge < -0.3 is 21.3 Å². The van der Waals surface area contributed by atoms with Gasteiger partial charge in [-0.2, -0.15) is 0 Å². The molecule has 4 N–H and O–H groups in total. The van der Waals surface area contributed by atoms with E-state index in [1.807, 2.05) is 13.0 Å². The molecule has 2 rings (SSSR count). The van der Waals surface area contributed by atoms with Crippen molar-refractivity contribution in [1.82, 2.24) is 16.0 Å². The molecule has 0 heterocycles. The Hall–Kier alpha value is -2.57. The smallest absolute Gasteiger partial charge is 0.315 e. The average Bonchev–Trinajstić information content (AvgIpc) is 2.65. The van der Waals surface area contributed by atoms with Gasteiger partial charge in [-0.25, -0.2) is 4.79 Å². The number of nitrogens with one attached hydrogen (secondary N) is 4. The topological polar surface area (TPSA) is 99.3 Å². The van der Waals surface area contributed by atoms with Crippen molar-refractivity contribution >= 4 is 23.5 Å². The molecule has 1 aliphatic carbocycles. The fourth-order valence-electron chi connectivity index (χ4n) is 3.35. The standard InChI is InChI=1S/C20H30N4O3/c1-14-8-6-11-16(18(14)19(26)21-2)24-17(25)12-7-13-22-20(27)23-15-9-4-3-5-10-15/h6,8,11,15H,3-5,7,9-10,12-13H2,1-2H3,(H,21,26)(H,24,25)(H2,22,23,27). The largest absolute Gasteiger partial charge is 0.355 e. The highest BCUT2D eigenvalue weighted by molar-refractivity contribution is 6.04. The van der Waals surface area contributed by atoms with Crippen LogP contribution in [0.1, 0.15) is 60.9 Å². The zero-order valence-electron chi connectivity index (χ0n) is 16.2. The van der Waals surface area contributed by atoms with E-state index in [2.05, 4.69) is 21.3 Å². The van der Waals surface area contributed by atoms with Gasteiger partial charge >= 0.3 is 6.03 Å². The number of rotatable bonds is 7. The van der Waals surface area contributed by atoms with Crippen molar-refractivity contribution in [2.45, 2.75) is 57.9 Å². The first-order chi connectivity index (χ1) is 13.0. The summed E-state index contributed by atoms with van der Waals surface area (Å²) in [4.78, 5) is 36.1. The lowest BCUT2D eigenvalue weighted by molar-refractivity contribution is -0.116. The van der Waals surface area contributed by atoms with E-state index >= 15 is 0 Å². The predicted molar refractivity (Wildman–Crippen MR) is 106 cm³/mol. The minimum Gasteiger partial charge on any atom is -0.355 e. The molecular weight excluding hydrogens is 344 g/mol. The third-order valence-electron chi connectivity index (χ3n) is 4.81. The average molecular weight is 374 g/mol. The molecule has 7 nitrogen and oxygen atoms in total. The van der Waals surface area contributed by atoms with Gasteiger partial charge in [0.05, 0.1) is 11.3 Å². The molecule has 0 spiro atoms. The van der Waals surface area contributed by atoms with E-state index in [0.29, 0.717) is 24.2 Å². The summed E-state index contributed by atoms with van der Waals surface area (Å²) in [6.07, 6.45) is 6.47. The number of carbonyl (C=O) groups excluding carboxylic acids is 3. The molecule has 0 radical (unpaired) electrons. The fourth-order valence-corrected chi connectivity index (χ4v) is 3.35. The molecule has 1 aromatic rings. The number of benzene rings is 1. The lowest BCUT2D eigenvalue weighted by atomic mass is 9.96. The van der Waals surface area contributed by atoms with E-state index in [1.54, 1.807) is 19.2 Å². The van der Waals surface area contributed by atoms with E-state index in [9.17, 15) is 14.4 Å². The Kier molecular flexibility index (Phi) is 8.10. The van der Waals surface area contributed by atoms with Crippen LogP contribution in [0.4, 0.5) is 10.5 Å². The van der Waals surface area contributed by atoms with Gasteiger partial charge in [-0.3, -0.25) is 9.59 Å². The van der Waals surface area contributed by atoms with Crippen LogP contribution in [0, 0.1) is 6.92 Å². The quantitative estimate of drug-likeness (QED) is 0.552. The normalized spacial score (nSPS) is 14.3. The van der Waals surface area contributed by atoms with Crippen molar-refractivity contribution in [2.75, 3.05) is 18.9 Å². The van der Waals surface area contributed by atoms with Crippen LogP contribution in [0.5, 0.6) is 0 Å². The molecule has 1 saturated carbocycles.